The zero-order chi connectivity index (χ0) is 15.0. The third-order valence-electron chi connectivity index (χ3n) is 3.88. The quantitative estimate of drug-likeness (QED) is 0.865. The summed E-state index contributed by atoms with van der Waals surface area (Å²) >= 11 is 0. The normalized spacial score (nSPS) is 18.1. The van der Waals surface area contributed by atoms with Crippen LogP contribution in [0.3, 0.4) is 0 Å². The first-order chi connectivity index (χ1) is 10.0. The van der Waals surface area contributed by atoms with Gasteiger partial charge in [-0.05, 0) is 50.6 Å². The fourth-order valence-electron chi connectivity index (χ4n) is 2.84. The molecule has 110 valence electrons. The molecule has 1 aliphatic rings. The van der Waals surface area contributed by atoms with E-state index in [0.717, 1.165) is 11.3 Å². The van der Waals surface area contributed by atoms with Crippen molar-refractivity contribution in [2.75, 3.05) is 6.54 Å². The van der Waals surface area contributed by atoms with Gasteiger partial charge in [0.25, 0.3) is 0 Å². The lowest BCUT2D eigenvalue weighted by molar-refractivity contribution is 0.137. The van der Waals surface area contributed by atoms with Gasteiger partial charge in [-0.1, -0.05) is 12.1 Å². The van der Waals surface area contributed by atoms with Crippen LogP contribution in [0.5, 0.6) is 0 Å². The van der Waals surface area contributed by atoms with E-state index in [0.29, 0.717) is 13.1 Å². The summed E-state index contributed by atoms with van der Waals surface area (Å²) in [5, 5.41) is 0. The molecule has 1 atom stereocenters. The molecule has 1 amide bonds. The van der Waals surface area contributed by atoms with Gasteiger partial charge in [0.05, 0.1) is 6.54 Å². The number of aromatic nitrogens is 1. The smallest absolute Gasteiger partial charge is 0.410 e. The van der Waals surface area contributed by atoms with Gasteiger partial charge in [-0.3, -0.25) is 0 Å². The van der Waals surface area contributed by atoms with Crippen molar-refractivity contribution in [1.82, 2.24) is 9.47 Å². The molecule has 4 nitrogen and oxygen atoms in total. The number of carbonyl (C=O) groups excluding carboxylic acids is 1. The number of cyclic esters (lactones) is 1. The highest BCUT2D eigenvalue weighted by Gasteiger charge is 2.27. The van der Waals surface area contributed by atoms with E-state index in [9.17, 15) is 4.79 Å². The van der Waals surface area contributed by atoms with Crippen LogP contribution >= 0.6 is 0 Å². The summed E-state index contributed by atoms with van der Waals surface area (Å²) in [6, 6.07) is 12.6. The summed E-state index contributed by atoms with van der Waals surface area (Å²) in [6.45, 7) is 7.38. The third kappa shape index (κ3) is 2.66. The highest BCUT2D eigenvalue weighted by molar-refractivity contribution is 5.69. The second-order valence-corrected chi connectivity index (χ2v) is 5.69. The summed E-state index contributed by atoms with van der Waals surface area (Å²) in [4.78, 5) is 13.4. The molecule has 0 aliphatic carbocycles. The Balaban J connectivity index is 1.77. The topological polar surface area (TPSA) is 34.5 Å². The van der Waals surface area contributed by atoms with Gasteiger partial charge in [0.1, 0.15) is 6.10 Å². The Hall–Kier alpha value is -2.23. The van der Waals surface area contributed by atoms with Gasteiger partial charge in [0.15, 0.2) is 0 Å². The number of hydrogen-bond acceptors (Lipinski definition) is 2. The van der Waals surface area contributed by atoms with Crippen molar-refractivity contribution in [2.24, 2.45) is 0 Å². The first-order valence-corrected chi connectivity index (χ1v) is 7.24. The summed E-state index contributed by atoms with van der Waals surface area (Å²) in [7, 11) is 0. The van der Waals surface area contributed by atoms with Crippen molar-refractivity contribution in [3.8, 4) is 5.69 Å². The molecule has 0 saturated carbocycles. The van der Waals surface area contributed by atoms with E-state index < -0.39 is 0 Å². The van der Waals surface area contributed by atoms with E-state index in [4.69, 9.17) is 4.74 Å². The van der Waals surface area contributed by atoms with Crippen LogP contribution in [0.25, 0.3) is 5.69 Å². The summed E-state index contributed by atoms with van der Waals surface area (Å²) in [5.41, 5.74) is 4.71. The Kier molecular flexibility index (Phi) is 3.45. The predicted octanol–water partition coefficient (Wildman–Crippen LogP) is 3.43. The number of amides is 1. The van der Waals surface area contributed by atoms with Gasteiger partial charge < -0.3 is 14.2 Å². The summed E-state index contributed by atoms with van der Waals surface area (Å²) < 4.78 is 7.36. The fraction of sp³-hybridized carbons (Fsp3) is 0.353. The van der Waals surface area contributed by atoms with Crippen LogP contribution in [0.15, 0.2) is 36.4 Å². The minimum absolute atomic E-state index is 0.0121. The van der Waals surface area contributed by atoms with Gasteiger partial charge in [-0.15, -0.1) is 0 Å². The van der Waals surface area contributed by atoms with Crippen LogP contribution in [0.4, 0.5) is 4.79 Å². The van der Waals surface area contributed by atoms with Crippen LogP contribution < -0.4 is 0 Å². The molecule has 0 unspecified atom stereocenters. The van der Waals surface area contributed by atoms with E-state index in [1.807, 2.05) is 6.92 Å². The minimum Gasteiger partial charge on any atom is -0.444 e. The number of ether oxygens (including phenoxy) is 1. The van der Waals surface area contributed by atoms with Gasteiger partial charge >= 0.3 is 6.09 Å². The fourth-order valence-corrected chi connectivity index (χ4v) is 2.84. The Morgan fingerprint density at radius 3 is 2.24 bits per heavy atom. The van der Waals surface area contributed by atoms with Crippen LogP contribution in [-0.4, -0.2) is 28.2 Å². The molecule has 1 fully saturated rings. The number of aryl methyl sites for hydroxylation is 2. The molecule has 0 N–H and O–H groups in total. The summed E-state index contributed by atoms with van der Waals surface area (Å²) in [5.74, 6) is 0. The molecule has 2 heterocycles. The molecule has 21 heavy (non-hydrogen) atoms. The van der Waals surface area contributed by atoms with Crippen LogP contribution in [0.2, 0.25) is 0 Å². The maximum Gasteiger partial charge on any atom is 0.410 e. The van der Waals surface area contributed by atoms with Gasteiger partial charge in [-0.2, -0.15) is 0 Å². The van der Waals surface area contributed by atoms with E-state index in [-0.39, 0.29) is 12.2 Å². The van der Waals surface area contributed by atoms with Crippen molar-refractivity contribution >= 4 is 6.09 Å². The first-order valence-electron chi connectivity index (χ1n) is 7.24. The monoisotopic (exact) mass is 284 g/mol. The van der Waals surface area contributed by atoms with Crippen molar-refractivity contribution in [3.63, 3.8) is 0 Å². The molecule has 1 aromatic carbocycles. The van der Waals surface area contributed by atoms with E-state index in [2.05, 4.69) is 54.8 Å². The van der Waals surface area contributed by atoms with E-state index in [1.165, 1.54) is 11.4 Å². The van der Waals surface area contributed by atoms with Gasteiger partial charge in [0, 0.05) is 23.6 Å². The largest absolute Gasteiger partial charge is 0.444 e. The Bertz CT molecular complexity index is 638. The first kappa shape index (κ1) is 13.7. The maximum atomic E-state index is 11.6. The predicted molar refractivity (Wildman–Crippen MR) is 81.6 cm³/mol. The van der Waals surface area contributed by atoms with Crippen LogP contribution in [0, 0.1) is 13.8 Å². The molecule has 0 spiro atoms. The lowest BCUT2D eigenvalue weighted by Gasteiger charge is -2.14. The lowest BCUT2D eigenvalue weighted by atomic mass is 10.2. The van der Waals surface area contributed by atoms with Gasteiger partial charge in [0.2, 0.25) is 0 Å². The van der Waals surface area contributed by atoms with Crippen molar-refractivity contribution < 1.29 is 9.53 Å². The number of carbonyl (C=O) groups is 1. The molecule has 1 saturated heterocycles. The average Bonchev–Trinajstić information content (AvgIpc) is 2.94. The number of nitrogens with zero attached hydrogens (tertiary/aromatic N) is 2. The van der Waals surface area contributed by atoms with Crippen molar-refractivity contribution in [2.45, 2.75) is 33.4 Å². The average molecular weight is 284 g/mol. The Morgan fingerprint density at radius 2 is 1.71 bits per heavy atom. The number of rotatable bonds is 3. The van der Waals surface area contributed by atoms with Crippen molar-refractivity contribution in [1.29, 1.82) is 0 Å². The molecular weight excluding hydrogens is 264 g/mol. The minimum atomic E-state index is -0.219. The van der Waals surface area contributed by atoms with Crippen molar-refractivity contribution in [3.05, 3.63) is 53.3 Å². The SMILES string of the molecule is Cc1ccc(C)n1-c1ccc(CN2C[C@@H](C)OC2=O)cc1. The third-order valence-corrected chi connectivity index (χ3v) is 3.88. The molecule has 2 aromatic rings. The zero-order valence-corrected chi connectivity index (χ0v) is 12.7. The second-order valence-electron chi connectivity index (χ2n) is 5.69. The molecular formula is C17H20N2O2. The van der Waals surface area contributed by atoms with Crippen LogP contribution in [0.1, 0.15) is 23.9 Å². The molecule has 1 aliphatic heterocycles. The Morgan fingerprint density at radius 1 is 1.10 bits per heavy atom. The molecule has 4 heteroatoms. The van der Waals surface area contributed by atoms with E-state index in [1.54, 1.807) is 4.90 Å². The zero-order valence-electron chi connectivity index (χ0n) is 12.7. The molecule has 0 radical (unpaired) electrons. The van der Waals surface area contributed by atoms with E-state index >= 15 is 0 Å². The number of benzene rings is 1. The molecule has 0 bridgehead atoms. The molecule has 3 rings (SSSR count). The molecule has 1 aromatic heterocycles. The second kappa shape index (κ2) is 5.28. The maximum absolute atomic E-state index is 11.6. The highest BCUT2D eigenvalue weighted by atomic mass is 16.6. The summed E-state index contributed by atoms with van der Waals surface area (Å²) in [6.07, 6.45) is -0.231. The lowest BCUT2D eigenvalue weighted by Crippen LogP contribution is -2.24. The number of hydrogen-bond donors (Lipinski definition) is 0. The Labute approximate surface area is 124 Å². The van der Waals surface area contributed by atoms with Crippen LogP contribution in [-0.2, 0) is 11.3 Å². The highest BCUT2D eigenvalue weighted by Crippen LogP contribution is 2.19. The van der Waals surface area contributed by atoms with Gasteiger partial charge in [-0.25, -0.2) is 4.79 Å². The standard InChI is InChI=1S/C17H20N2O2/c1-12-4-5-13(2)19(12)16-8-6-15(7-9-16)11-18-10-14(3)21-17(18)20/h4-9,14H,10-11H2,1-3H3/t14-/m1/s1.